The number of hydrogen-bond acceptors (Lipinski definition) is 4. The maximum atomic E-state index is 11.7. The molecule has 5 nitrogen and oxygen atoms in total. The molecule has 17 heavy (non-hydrogen) atoms. The van der Waals surface area contributed by atoms with E-state index in [1.54, 1.807) is 32.9 Å². The Balaban J connectivity index is 2.90. The Morgan fingerprint density at radius 3 is 2.65 bits per heavy atom. The number of carbonyl (C=O) groups is 1. The van der Waals surface area contributed by atoms with Crippen LogP contribution in [0.4, 0.5) is 5.69 Å². The molecule has 92 valence electrons. The Labute approximate surface area is 104 Å². The van der Waals surface area contributed by atoms with E-state index >= 15 is 0 Å². The van der Waals surface area contributed by atoms with Crippen molar-refractivity contribution in [1.29, 1.82) is 0 Å². The van der Waals surface area contributed by atoms with E-state index in [9.17, 15) is 4.79 Å². The highest BCUT2D eigenvalue weighted by molar-refractivity contribution is 6.32. The molecule has 0 aliphatic carbocycles. The summed E-state index contributed by atoms with van der Waals surface area (Å²) in [5.41, 5.74) is 0.335. The Morgan fingerprint density at radius 1 is 1.53 bits per heavy atom. The zero-order valence-corrected chi connectivity index (χ0v) is 10.6. The molecule has 0 saturated carbocycles. The smallest absolute Gasteiger partial charge is 0.229 e. The summed E-state index contributed by atoms with van der Waals surface area (Å²) in [5, 5.41) is 14.0. The van der Waals surface area contributed by atoms with Crippen molar-refractivity contribution in [3.05, 3.63) is 23.0 Å². The zero-order chi connectivity index (χ0) is 13.1. The van der Waals surface area contributed by atoms with E-state index in [2.05, 4.69) is 15.5 Å². The van der Waals surface area contributed by atoms with Crippen LogP contribution in [-0.4, -0.2) is 22.3 Å². The van der Waals surface area contributed by atoms with E-state index in [1.165, 1.54) is 0 Å². The third kappa shape index (κ3) is 3.71. The second-order valence-corrected chi connectivity index (χ2v) is 4.88. The van der Waals surface area contributed by atoms with Gasteiger partial charge in [0.05, 0.1) is 17.6 Å². The van der Waals surface area contributed by atoms with Gasteiger partial charge in [-0.1, -0.05) is 37.5 Å². The highest BCUT2D eigenvalue weighted by atomic mass is 35.5. The summed E-state index contributed by atoms with van der Waals surface area (Å²) < 4.78 is 0. The molecular weight excluding hydrogens is 242 g/mol. The minimum Gasteiger partial charge on any atom is -0.411 e. The van der Waals surface area contributed by atoms with Gasteiger partial charge in [-0.2, -0.15) is 0 Å². The molecule has 1 aromatic heterocycles. The van der Waals surface area contributed by atoms with Crippen molar-refractivity contribution < 1.29 is 10.0 Å². The molecular formula is C11H14ClN3O2. The third-order valence-electron chi connectivity index (χ3n) is 1.99. The Morgan fingerprint density at radius 2 is 2.18 bits per heavy atom. The van der Waals surface area contributed by atoms with Crippen LogP contribution in [0.5, 0.6) is 0 Å². The van der Waals surface area contributed by atoms with Crippen LogP contribution in [0.1, 0.15) is 26.5 Å². The summed E-state index contributed by atoms with van der Waals surface area (Å²) in [6.07, 6.45) is 1.15. The lowest BCUT2D eigenvalue weighted by Gasteiger charge is -2.18. The lowest BCUT2D eigenvalue weighted by atomic mass is 9.95. The molecule has 0 atom stereocenters. The highest BCUT2D eigenvalue weighted by Crippen LogP contribution is 2.22. The molecule has 1 rings (SSSR count). The van der Waals surface area contributed by atoms with Crippen LogP contribution in [0.15, 0.2) is 17.3 Å². The second kappa shape index (κ2) is 5.14. The number of nitrogens with one attached hydrogen (secondary N) is 1. The van der Waals surface area contributed by atoms with Crippen molar-refractivity contribution in [3.63, 3.8) is 0 Å². The zero-order valence-electron chi connectivity index (χ0n) is 9.86. The molecule has 0 saturated heterocycles. The lowest BCUT2D eigenvalue weighted by Crippen LogP contribution is -2.27. The number of rotatable bonds is 2. The van der Waals surface area contributed by atoms with Crippen LogP contribution in [0.3, 0.4) is 0 Å². The lowest BCUT2D eigenvalue weighted by molar-refractivity contribution is -0.123. The van der Waals surface area contributed by atoms with Crippen LogP contribution < -0.4 is 5.32 Å². The van der Waals surface area contributed by atoms with Gasteiger partial charge in [0, 0.05) is 5.41 Å². The normalized spacial score (nSPS) is 11.8. The van der Waals surface area contributed by atoms with Crippen LogP contribution in [-0.2, 0) is 4.79 Å². The van der Waals surface area contributed by atoms with Crippen molar-refractivity contribution in [2.24, 2.45) is 10.6 Å². The van der Waals surface area contributed by atoms with E-state index in [0.29, 0.717) is 11.4 Å². The summed E-state index contributed by atoms with van der Waals surface area (Å²) in [7, 11) is 0. The first-order chi connectivity index (χ1) is 7.84. The maximum absolute atomic E-state index is 11.7. The number of aromatic nitrogens is 1. The molecule has 6 heteroatoms. The van der Waals surface area contributed by atoms with Gasteiger partial charge in [0.25, 0.3) is 0 Å². The van der Waals surface area contributed by atoms with E-state index in [0.717, 1.165) is 6.21 Å². The number of pyridine rings is 1. The van der Waals surface area contributed by atoms with Gasteiger partial charge in [-0.25, -0.2) is 4.98 Å². The number of anilines is 1. The van der Waals surface area contributed by atoms with Gasteiger partial charge in [0.2, 0.25) is 5.91 Å². The minimum absolute atomic E-state index is 0.148. The largest absolute Gasteiger partial charge is 0.411 e. The van der Waals surface area contributed by atoms with Gasteiger partial charge in [-0.15, -0.1) is 0 Å². The standard InChI is InChI=1S/C11H14ClN3O2/c1-11(2,3)10(16)15-8-5-4-7(6-13-17)14-9(8)12/h4-6,17H,1-3H3,(H,15,16). The summed E-state index contributed by atoms with van der Waals surface area (Å²) >= 11 is 5.89. The molecule has 0 aromatic carbocycles. The van der Waals surface area contributed by atoms with Gasteiger partial charge in [0.15, 0.2) is 5.15 Å². The molecule has 0 aliphatic rings. The maximum Gasteiger partial charge on any atom is 0.229 e. The summed E-state index contributed by atoms with van der Waals surface area (Å²) in [5.74, 6) is -0.148. The molecule has 0 fully saturated rings. The minimum atomic E-state index is -0.505. The third-order valence-corrected chi connectivity index (χ3v) is 2.28. The fraction of sp³-hybridized carbons (Fsp3) is 0.364. The molecule has 0 bridgehead atoms. The van der Waals surface area contributed by atoms with Crippen LogP contribution >= 0.6 is 11.6 Å². The van der Waals surface area contributed by atoms with Gasteiger partial charge in [-0.05, 0) is 12.1 Å². The summed E-state index contributed by atoms with van der Waals surface area (Å²) in [6.45, 7) is 5.41. The number of halogens is 1. The van der Waals surface area contributed by atoms with Crippen molar-refractivity contribution in [1.82, 2.24) is 4.98 Å². The number of oxime groups is 1. The van der Waals surface area contributed by atoms with Crippen molar-refractivity contribution in [2.45, 2.75) is 20.8 Å². The average Bonchev–Trinajstić information content (AvgIpc) is 2.21. The van der Waals surface area contributed by atoms with Gasteiger partial charge in [-0.3, -0.25) is 4.79 Å². The van der Waals surface area contributed by atoms with Crippen molar-refractivity contribution >= 4 is 29.4 Å². The average molecular weight is 256 g/mol. The number of carbonyl (C=O) groups excluding carboxylic acids is 1. The number of hydrogen-bond donors (Lipinski definition) is 2. The van der Waals surface area contributed by atoms with Crippen molar-refractivity contribution in [3.8, 4) is 0 Å². The molecule has 1 aromatic rings. The van der Waals surface area contributed by atoms with E-state index in [-0.39, 0.29) is 11.1 Å². The molecule has 1 amide bonds. The fourth-order valence-electron chi connectivity index (χ4n) is 0.982. The van der Waals surface area contributed by atoms with Crippen molar-refractivity contribution in [2.75, 3.05) is 5.32 Å². The van der Waals surface area contributed by atoms with Gasteiger partial charge >= 0.3 is 0 Å². The molecule has 0 unspecified atom stereocenters. The molecule has 0 spiro atoms. The van der Waals surface area contributed by atoms with E-state index in [1.807, 2.05) is 0 Å². The predicted molar refractivity (Wildman–Crippen MR) is 66.7 cm³/mol. The quantitative estimate of drug-likeness (QED) is 0.369. The number of nitrogens with zero attached hydrogens (tertiary/aromatic N) is 2. The molecule has 2 N–H and O–H groups in total. The summed E-state index contributed by atoms with van der Waals surface area (Å²) in [4.78, 5) is 15.7. The molecule has 0 radical (unpaired) electrons. The Kier molecular flexibility index (Phi) is 4.07. The van der Waals surface area contributed by atoms with E-state index < -0.39 is 5.41 Å². The van der Waals surface area contributed by atoms with Gasteiger partial charge in [0.1, 0.15) is 0 Å². The highest BCUT2D eigenvalue weighted by Gasteiger charge is 2.22. The van der Waals surface area contributed by atoms with Crippen LogP contribution in [0.25, 0.3) is 0 Å². The number of amides is 1. The predicted octanol–water partition coefficient (Wildman–Crippen LogP) is 2.53. The topological polar surface area (TPSA) is 74.6 Å². The second-order valence-electron chi connectivity index (χ2n) is 4.52. The SMILES string of the molecule is CC(C)(C)C(=O)Nc1ccc(C=NO)nc1Cl. The first-order valence-corrected chi connectivity index (χ1v) is 5.38. The Bertz CT molecular complexity index is 453. The first-order valence-electron chi connectivity index (χ1n) is 5.00. The van der Waals surface area contributed by atoms with Crippen LogP contribution in [0, 0.1) is 5.41 Å². The van der Waals surface area contributed by atoms with Gasteiger partial charge < -0.3 is 10.5 Å². The molecule has 1 heterocycles. The monoisotopic (exact) mass is 255 g/mol. The molecule has 0 aliphatic heterocycles. The van der Waals surface area contributed by atoms with E-state index in [4.69, 9.17) is 16.8 Å². The fourth-order valence-corrected chi connectivity index (χ4v) is 1.19. The van der Waals surface area contributed by atoms with Crippen LogP contribution in [0.2, 0.25) is 5.15 Å². The Hall–Kier alpha value is -1.62. The first kappa shape index (κ1) is 13.4. The summed E-state index contributed by atoms with van der Waals surface area (Å²) in [6, 6.07) is 3.19.